The van der Waals surface area contributed by atoms with Crippen molar-refractivity contribution in [3.05, 3.63) is 0 Å². The molecule has 0 bridgehead atoms. The van der Waals surface area contributed by atoms with E-state index in [-0.39, 0.29) is 10.9 Å². The van der Waals surface area contributed by atoms with Crippen molar-refractivity contribution in [1.29, 1.82) is 0 Å². The fourth-order valence-corrected chi connectivity index (χ4v) is 2.70. The normalized spacial score (nSPS) is 14.4. The smallest absolute Gasteiger partial charge is 0.0540 e. The summed E-state index contributed by atoms with van der Waals surface area (Å²) in [6, 6.07) is 0. The number of aliphatic hydroxyl groups excluding tert-OH is 1. The van der Waals surface area contributed by atoms with Gasteiger partial charge in [-0.3, -0.25) is 0 Å². The van der Waals surface area contributed by atoms with Gasteiger partial charge in [0.05, 0.1) is 6.10 Å². The first-order valence-corrected chi connectivity index (χ1v) is 8.74. The zero-order valence-electron chi connectivity index (χ0n) is 14.4. The molecule has 0 spiro atoms. The predicted molar refractivity (Wildman–Crippen MR) is 88.9 cm³/mol. The van der Waals surface area contributed by atoms with Crippen LogP contribution in [0.5, 0.6) is 0 Å². The second-order valence-electron chi connectivity index (χ2n) is 7.69. The highest BCUT2D eigenvalue weighted by molar-refractivity contribution is 7.95. The highest BCUT2D eigenvalue weighted by Crippen LogP contribution is 2.31. The zero-order valence-corrected chi connectivity index (χ0v) is 15.2. The molecule has 0 amide bonds. The third-order valence-corrected chi connectivity index (χ3v) is 4.35. The molecule has 0 saturated carbocycles. The Morgan fingerprint density at radius 3 is 1.90 bits per heavy atom. The van der Waals surface area contributed by atoms with E-state index in [1.54, 1.807) is 0 Å². The van der Waals surface area contributed by atoms with Crippen LogP contribution in [0.1, 0.15) is 86.0 Å². The van der Waals surface area contributed by atoms with Crippen molar-refractivity contribution in [2.75, 3.05) is 0 Å². The monoisotopic (exact) mass is 322 g/mol. The first kappa shape index (κ1) is 21.2. The molecule has 128 valence electrons. The maximum atomic E-state index is 9.97. The molecule has 0 aliphatic rings. The van der Waals surface area contributed by atoms with Crippen molar-refractivity contribution >= 4 is 12.0 Å². The average Bonchev–Trinajstić information content (AvgIpc) is 2.36. The third-order valence-electron chi connectivity index (χ3n) is 3.57. The zero-order chi connectivity index (χ0) is 16.4. The fourth-order valence-electron chi connectivity index (χ4n) is 2.26. The van der Waals surface area contributed by atoms with E-state index < -0.39 is 0 Å². The maximum absolute atomic E-state index is 9.97. The van der Waals surface area contributed by atoms with E-state index in [0.29, 0.717) is 5.41 Å². The lowest BCUT2D eigenvalue weighted by Crippen LogP contribution is -2.15. The van der Waals surface area contributed by atoms with Gasteiger partial charge in [0.2, 0.25) is 0 Å². The van der Waals surface area contributed by atoms with Crippen LogP contribution in [0.2, 0.25) is 0 Å². The summed E-state index contributed by atoms with van der Waals surface area (Å²) in [5.74, 6) is 0. The summed E-state index contributed by atoms with van der Waals surface area (Å²) < 4.78 is 4.40. The van der Waals surface area contributed by atoms with Crippen molar-refractivity contribution in [3.63, 3.8) is 0 Å². The summed E-state index contributed by atoms with van der Waals surface area (Å²) >= 11 is 1.12. The average molecular weight is 323 g/mol. The van der Waals surface area contributed by atoms with Crippen molar-refractivity contribution in [2.24, 2.45) is 5.41 Å². The molecule has 0 aromatic rings. The molecule has 0 heterocycles. The van der Waals surface area contributed by atoms with Gasteiger partial charge in [-0.25, -0.2) is 5.26 Å². The topological polar surface area (TPSA) is 58.9 Å². The van der Waals surface area contributed by atoms with Gasteiger partial charge in [0.1, 0.15) is 0 Å². The molecule has 0 rings (SSSR count). The van der Waals surface area contributed by atoms with Crippen molar-refractivity contribution in [1.82, 2.24) is 0 Å². The molecule has 0 radical (unpaired) electrons. The van der Waals surface area contributed by atoms with E-state index in [9.17, 15) is 5.11 Å². The molecule has 4 nitrogen and oxygen atoms in total. The summed E-state index contributed by atoms with van der Waals surface area (Å²) in [7, 11) is 0. The number of hydrogen-bond donors (Lipinski definition) is 2. The Labute approximate surface area is 134 Å². The van der Waals surface area contributed by atoms with Crippen LogP contribution < -0.4 is 0 Å². The minimum absolute atomic E-state index is 0.0968. The molecule has 0 aliphatic carbocycles. The number of unbranched alkanes of at least 4 members (excludes halogenated alkanes) is 2. The molecule has 0 aromatic carbocycles. The Balaban J connectivity index is 3.55. The maximum Gasteiger partial charge on any atom is 0.0540 e. The standard InChI is InChI=1S/C16H34O4S/c1-15(2,3)12-8-6-10-14(17)11-7-9-13-16(4,5)21-20-19-18/h14,17-18H,6-13H2,1-5H3. The van der Waals surface area contributed by atoms with Gasteiger partial charge in [0, 0.05) is 16.8 Å². The lowest BCUT2D eigenvalue weighted by molar-refractivity contribution is -0.432. The number of hydrogen-bond acceptors (Lipinski definition) is 5. The minimum atomic E-state index is -0.169. The largest absolute Gasteiger partial charge is 0.393 e. The first-order chi connectivity index (χ1) is 9.66. The summed E-state index contributed by atoms with van der Waals surface area (Å²) in [5, 5.41) is 21.7. The van der Waals surface area contributed by atoms with E-state index in [0.717, 1.165) is 50.6 Å². The van der Waals surface area contributed by atoms with Gasteiger partial charge in [-0.1, -0.05) is 51.5 Å². The van der Waals surface area contributed by atoms with Crippen molar-refractivity contribution in [3.8, 4) is 0 Å². The van der Waals surface area contributed by atoms with Gasteiger partial charge < -0.3 is 5.11 Å². The SMILES string of the molecule is CC(C)(C)CCCCC(O)CCCCC(C)(C)SOOO. The minimum Gasteiger partial charge on any atom is -0.393 e. The Bertz CT molecular complexity index is 251. The highest BCUT2D eigenvalue weighted by atomic mass is 32.2. The van der Waals surface area contributed by atoms with E-state index in [4.69, 9.17) is 5.26 Å². The Morgan fingerprint density at radius 2 is 1.43 bits per heavy atom. The van der Waals surface area contributed by atoms with Crippen LogP contribution >= 0.6 is 12.0 Å². The van der Waals surface area contributed by atoms with Crippen LogP contribution in [-0.2, 0) is 9.37 Å². The molecule has 21 heavy (non-hydrogen) atoms. The van der Waals surface area contributed by atoms with Crippen molar-refractivity contribution in [2.45, 2.75) is 96.8 Å². The van der Waals surface area contributed by atoms with E-state index in [2.05, 4.69) is 30.1 Å². The predicted octanol–water partition coefficient (Wildman–Crippen LogP) is 5.36. The van der Waals surface area contributed by atoms with Gasteiger partial charge in [-0.2, -0.15) is 0 Å². The molecular weight excluding hydrogens is 288 g/mol. The summed E-state index contributed by atoms with van der Waals surface area (Å²) in [4.78, 5) is 0. The molecule has 2 N–H and O–H groups in total. The molecule has 0 aliphatic heterocycles. The van der Waals surface area contributed by atoms with E-state index in [1.165, 1.54) is 12.8 Å². The second-order valence-corrected chi connectivity index (χ2v) is 9.10. The lowest BCUT2D eigenvalue weighted by Gasteiger charge is -2.21. The molecule has 0 saturated heterocycles. The fraction of sp³-hybridized carbons (Fsp3) is 1.00. The molecule has 0 aromatic heterocycles. The van der Waals surface area contributed by atoms with Gasteiger partial charge >= 0.3 is 0 Å². The van der Waals surface area contributed by atoms with Crippen LogP contribution in [0.4, 0.5) is 0 Å². The second kappa shape index (κ2) is 10.8. The van der Waals surface area contributed by atoms with E-state index >= 15 is 0 Å². The van der Waals surface area contributed by atoms with Crippen LogP contribution in [0.3, 0.4) is 0 Å². The Kier molecular flexibility index (Phi) is 10.9. The molecule has 5 heteroatoms. The first-order valence-electron chi connectivity index (χ1n) is 8.00. The molecule has 0 fully saturated rings. The van der Waals surface area contributed by atoms with Crippen LogP contribution in [0.15, 0.2) is 0 Å². The van der Waals surface area contributed by atoms with Gasteiger partial charge in [-0.05, 0) is 44.9 Å². The van der Waals surface area contributed by atoms with Gasteiger partial charge in [0.25, 0.3) is 0 Å². The quantitative estimate of drug-likeness (QED) is 0.219. The molecule has 1 unspecified atom stereocenters. The number of aliphatic hydroxyl groups is 1. The molecule has 1 atom stereocenters. The lowest BCUT2D eigenvalue weighted by atomic mass is 9.89. The van der Waals surface area contributed by atoms with Crippen molar-refractivity contribution < 1.29 is 19.7 Å². The molecular formula is C16H34O4S. The summed E-state index contributed by atoms with van der Waals surface area (Å²) in [6.45, 7) is 10.9. The Morgan fingerprint density at radius 1 is 0.905 bits per heavy atom. The number of rotatable bonds is 12. The third kappa shape index (κ3) is 14.9. The van der Waals surface area contributed by atoms with Crippen LogP contribution in [0.25, 0.3) is 0 Å². The van der Waals surface area contributed by atoms with Crippen LogP contribution in [-0.4, -0.2) is 21.2 Å². The van der Waals surface area contributed by atoms with Gasteiger partial charge in [0.15, 0.2) is 0 Å². The van der Waals surface area contributed by atoms with Gasteiger partial charge in [-0.15, -0.1) is 4.33 Å². The Hall–Kier alpha value is 0.190. The van der Waals surface area contributed by atoms with E-state index in [1.807, 2.05) is 13.8 Å². The summed E-state index contributed by atoms with van der Waals surface area (Å²) in [6.07, 6.45) is 8.15. The van der Waals surface area contributed by atoms with Crippen LogP contribution in [0, 0.1) is 5.41 Å². The highest BCUT2D eigenvalue weighted by Gasteiger charge is 2.20. The summed E-state index contributed by atoms with van der Waals surface area (Å²) in [5.41, 5.74) is 0.397.